The van der Waals surface area contributed by atoms with Crippen molar-refractivity contribution in [3.05, 3.63) is 39.8 Å². The summed E-state index contributed by atoms with van der Waals surface area (Å²) in [4.78, 5) is 15.6. The van der Waals surface area contributed by atoms with Crippen LogP contribution in [0.1, 0.15) is 20.4 Å². The van der Waals surface area contributed by atoms with Crippen LogP contribution in [0.2, 0.25) is 0 Å². The van der Waals surface area contributed by atoms with Gasteiger partial charge in [0.25, 0.3) is 0 Å². The third-order valence-electron chi connectivity index (χ3n) is 3.00. The van der Waals surface area contributed by atoms with E-state index in [-0.39, 0.29) is 11.0 Å². The molecule has 6 heteroatoms. The molecule has 0 radical (unpaired) electrons. The number of para-hydroxylation sites is 2. The average molecular weight is 291 g/mol. The second-order valence-corrected chi connectivity index (χ2v) is 5.61. The van der Waals surface area contributed by atoms with E-state index in [1.54, 1.807) is 6.92 Å². The lowest BCUT2D eigenvalue weighted by atomic mass is 10.2. The fourth-order valence-electron chi connectivity index (χ4n) is 2.10. The summed E-state index contributed by atoms with van der Waals surface area (Å²) < 4.78 is 11.5. The van der Waals surface area contributed by atoms with Crippen LogP contribution in [0.5, 0.6) is 11.5 Å². The van der Waals surface area contributed by atoms with Gasteiger partial charge < -0.3 is 14.6 Å². The molecule has 0 saturated heterocycles. The van der Waals surface area contributed by atoms with Crippen molar-refractivity contribution in [1.82, 2.24) is 4.98 Å². The predicted octanol–water partition coefficient (Wildman–Crippen LogP) is 2.53. The lowest BCUT2D eigenvalue weighted by Crippen LogP contribution is -2.30. The largest absolute Gasteiger partial charge is 0.486 e. The first-order valence-electron chi connectivity index (χ1n) is 6.21. The van der Waals surface area contributed by atoms with Crippen LogP contribution in [0.3, 0.4) is 0 Å². The van der Waals surface area contributed by atoms with Crippen molar-refractivity contribution >= 4 is 17.3 Å². The number of aromatic nitrogens is 1. The van der Waals surface area contributed by atoms with Crippen LogP contribution in [0, 0.1) is 6.92 Å². The molecule has 0 saturated carbocycles. The number of ether oxygens (including phenoxy) is 2. The van der Waals surface area contributed by atoms with E-state index in [9.17, 15) is 4.79 Å². The monoisotopic (exact) mass is 291 g/mol. The topological polar surface area (TPSA) is 68.7 Å². The average Bonchev–Trinajstić information content (AvgIpc) is 2.79. The normalized spacial score (nSPS) is 16.9. The molecule has 1 atom stereocenters. The van der Waals surface area contributed by atoms with E-state index in [2.05, 4.69) is 4.98 Å². The number of carboxylic acid groups (broad SMARTS) is 1. The van der Waals surface area contributed by atoms with Gasteiger partial charge in [0.05, 0.1) is 10.7 Å². The molecule has 2 aromatic rings. The minimum Gasteiger partial charge on any atom is -0.486 e. The molecule has 1 aliphatic heterocycles. The van der Waals surface area contributed by atoms with Gasteiger partial charge in [-0.3, -0.25) is 0 Å². The summed E-state index contributed by atoms with van der Waals surface area (Å²) >= 11 is 1.20. The summed E-state index contributed by atoms with van der Waals surface area (Å²) in [6.45, 7) is 2.15. The van der Waals surface area contributed by atoms with Crippen LogP contribution >= 0.6 is 11.3 Å². The lowest BCUT2D eigenvalue weighted by Gasteiger charge is -2.25. The Morgan fingerprint density at radius 2 is 2.20 bits per heavy atom. The molecule has 0 aliphatic carbocycles. The van der Waals surface area contributed by atoms with Gasteiger partial charge in [-0.15, -0.1) is 11.3 Å². The molecule has 3 rings (SSSR count). The zero-order valence-corrected chi connectivity index (χ0v) is 11.6. The van der Waals surface area contributed by atoms with Crippen LogP contribution in [0.4, 0.5) is 0 Å². The van der Waals surface area contributed by atoms with Crippen molar-refractivity contribution in [2.75, 3.05) is 6.61 Å². The van der Waals surface area contributed by atoms with Crippen molar-refractivity contribution < 1.29 is 19.4 Å². The fourth-order valence-corrected chi connectivity index (χ4v) is 3.06. The van der Waals surface area contributed by atoms with E-state index in [1.807, 2.05) is 24.3 Å². The van der Waals surface area contributed by atoms with E-state index < -0.39 is 5.97 Å². The highest BCUT2D eigenvalue weighted by Crippen LogP contribution is 2.32. The molecule has 1 N–H and O–H groups in total. The molecule has 0 bridgehead atoms. The van der Waals surface area contributed by atoms with Gasteiger partial charge in [-0.2, -0.15) is 0 Å². The molecule has 2 heterocycles. The molecule has 1 aromatic carbocycles. The SMILES string of the molecule is Cc1nc(CC2COc3ccccc3O2)sc1C(=O)O. The van der Waals surface area contributed by atoms with Gasteiger partial charge in [0.1, 0.15) is 17.6 Å². The number of hydrogen-bond donors (Lipinski definition) is 1. The van der Waals surface area contributed by atoms with Crippen LogP contribution in [0.15, 0.2) is 24.3 Å². The maximum atomic E-state index is 11.0. The number of carboxylic acids is 1. The minimum absolute atomic E-state index is 0.142. The number of nitrogens with zero attached hydrogens (tertiary/aromatic N) is 1. The molecular formula is C14H13NO4S. The lowest BCUT2D eigenvalue weighted by molar-refractivity contribution is 0.0701. The number of aromatic carboxylic acids is 1. The van der Waals surface area contributed by atoms with E-state index in [4.69, 9.17) is 14.6 Å². The Labute approximate surface area is 119 Å². The van der Waals surface area contributed by atoms with E-state index >= 15 is 0 Å². The van der Waals surface area contributed by atoms with Crippen LogP contribution < -0.4 is 9.47 Å². The first-order chi connectivity index (χ1) is 9.63. The van der Waals surface area contributed by atoms with Gasteiger partial charge >= 0.3 is 5.97 Å². The minimum atomic E-state index is -0.933. The number of rotatable bonds is 3. The van der Waals surface area contributed by atoms with Crippen molar-refractivity contribution in [2.24, 2.45) is 0 Å². The van der Waals surface area contributed by atoms with Crippen molar-refractivity contribution in [3.8, 4) is 11.5 Å². The van der Waals surface area contributed by atoms with Crippen LogP contribution in [0.25, 0.3) is 0 Å². The first kappa shape index (κ1) is 12.9. The summed E-state index contributed by atoms with van der Waals surface area (Å²) in [5.41, 5.74) is 0.551. The zero-order chi connectivity index (χ0) is 14.1. The number of thiazole rings is 1. The van der Waals surface area contributed by atoms with Crippen molar-refractivity contribution in [1.29, 1.82) is 0 Å². The van der Waals surface area contributed by atoms with E-state index in [0.717, 1.165) is 16.5 Å². The van der Waals surface area contributed by atoms with Gasteiger partial charge in [-0.05, 0) is 19.1 Å². The van der Waals surface area contributed by atoms with Gasteiger partial charge in [-0.25, -0.2) is 9.78 Å². The molecule has 0 fully saturated rings. The molecule has 5 nitrogen and oxygen atoms in total. The van der Waals surface area contributed by atoms with E-state index in [1.165, 1.54) is 11.3 Å². The van der Waals surface area contributed by atoms with Crippen molar-refractivity contribution in [2.45, 2.75) is 19.4 Å². The molecule has 1 unspecified atom stereocenters. The molecule has 104 valence electrons. The number of fused-ring (bicyclic) bond motifs is 1. The summed E-state index contributed by atoms with van der Waals surface area (Å²) in [5.74, 6) is 0.526. The zero-order valence-electron chi connectivity index (χ0n) is 10.8. The third-order valence-corrected chi connectivity index (χ3v) is 4.17. The van der Waals surface area contributed by atoms with Crippen molar-refractivity contribution in [3.63, 3.8) is 0 Å². The highest BCUT2D eigenvalue weighted by atomic mass is 32.1. The number of carbonyl (C=O) groups is 1. The quantitative estimate of drug-likeness (QED) is 0.941. The maximum absolute atomic E-state index is 11.0. The second kappa shape index (κ2) is 5.13. The fraction of sp³-hybridized carbons (Fsp3) is 0.286. The summed E-state index contributed by atoms with van der Waals surface area (Å²) in [6, 6.07) is 7.51. The number of aryl methyl sites for hydroxylation is 1. The smallest absolute Gasteiger partial charge is 0.347 e. The number of benzene rings is 1. The Balaban J connectivity index is 1.74. The summed E-state index contributed by atoms with van der Waals surface area (Å²) in [6.07, 6.45) is 0.407. The van der Waals surface area contributed by atoms with Gasteiger partial charge in [0.15, 0.2) is 11.5 Å². The first-order valence-corrected chi connectivity index (χ1v) is 7.03. The van der Waals surface area contributed by atoms with Gasteiger partial charge in [-0.1, -0.05) is 12.1 Å². The third kappa shape index (κ3) is 2.46. The van der Waals surface area contributed by atoms with Gasteiger partial charge in [0, 0.05) is 6.42 Å². The number of hydrogen-bond acceptors (Lipinski definition) is 5. The maximum Gasteiger partial charge on any atom is 0.347 e. The Kier molecular flexibility index (Phi) is 3.31. The Bertz CT molecular complexity index is 652. The molecule has 0 amide bonds. The standard InChI is InChI=1S/C14H13NO4S/c1-8-13(14(16)17)20-12(15-8)6-9-7-18-10-4-2-3-5-11(10)19-9/h2-5,9H,6-7H2,1H3,(H,16,17). The molecule has 1 aromatic heterocycles. The molecule has 20 heavy (non-hydrogen) atoms. The molecule has 1 aliphatic rings. The molecule has 0 spiro atoms. The summed E-state index contributed by atoms with van der Waals surface area (Å²) in [5, 5.41) is 9.79. The predicted molar refractivity (Wildman–Crippen MR) is 73.9 cm³/mol. The highest BCUT2D eigenvalue weighted by molar-refractivity contribution is 7.13. The van der Waals surface area contributed by atoms with Crippen LogP contribution in [-0.2, 0) is 6.42 Å². The van der Waals surface area contributed by atoms with Crippen LogP contribution in [-0.4, -0.2) is 28.8 Å². The highest BCUT2D eigenvalue weighted by Gasteiger charge is 2.23. The Morgan fingerprint density at radius 1 is 1.45 bits per heavy atom. The Morgan fingerprint density at radius 3 is 2.90 bits per heavy atom. The van der Waals surface area contributed by atoms with E-state index in [0.29, 0.717) is 18.7 Å². The van der Waals surface area contributed by atoms with Gasteiger partial charge in [0.2, 0.25) is 0 Å². The molecular weight excluding hydrogens is 278 g/mol. The summed E-state index contributed by atoms with van der Waals surface area (Å²) in [7, 11) is 0. The second-order valence-electron chi connectivity index (χ2n) is 4.53. The Hall–Kier alpha value is -2.08.